The maximum atomic E-state index is 13.4. The molecule has 3 aliphatic rings. The molecule has 0 N–H and O–H groups in total. The second kappa shape index (κ2) is 10.4. The van der Waals surface area contributed by atoms with Crippen molar-refractivity contribution in [2.75, 3.05) is 39.5 Å². The number of carbonyl (C=O) groups is 1. The van der Waals surface area contributed by atoms with Crippen molar-refractivity contribution in [3.8, 4) is 0 Å². The minimum Gasteiger partial charge on any atom is -0.495 e. The van der Waals surface area contributed by atoms with Gasteiger partial charge in [-0.2, -0.15) is 0 Å². The zero-order valence-corrected chi connectivity index (χ0v) is 18.5. The fourth-order valence-electron chi connectivity index (χ4n) is 4.25. The van der Waals surface area contributed by atoms with E-state index in [0.717, 1.165) is 31.7 Å². The number of nitrogens with zero attached hydrogens (tertiary/aromatic N) is 3. The standard InChI is InChI=1S/C24H33N3O4/c1-18(2)27(16-20-4-5-21-22(14-20)30-12-3-11-29-21)24(28)23-17-26(10-13-31-23)15-19-6-8-25-9-7-19/h4-9,18,22-23H,3,10-17H2,1-2H3. The van der Waals surface area contributed by atoms with Gasteiger partial charge in [-0.15, -0.1) is 0 Å². The van der Waals surface area contributed by atoms with Crippen LogP contribution in [0.25, 0.3) is 0 Å². The summed E-state index contributed by atoms with van der Waals surface area (Å²) in [5, 5.41) is 0. The van der Waals surface area contributed by atoms with Crippen LogP contribution in [-0.2, 0) is 25.5 Å². The minimum atomic E-state index is -0.439. The first-order chi connectivity index (χ1) is 15.1. The Bertz CT molecular complexity index is 808. The zero-order valence-electron chi connectivity index (χ0n) is 18.5. The van der Waals surface area contributed by atoms with Crippen molar-refractivity contribution in [2.45, 2.75) is 51.5 Å². The number of aromatic nitrogens is 1. The van der Waals surface area contributed by atoms with Crippen molar-refractivity contribution in [2.24, 2.45) is 0 Å². The van der Waals surface area contributed by atoms with Crippen LogP contribution in [0, 0.1) is 0 Å². The first-order valence-electron chi connectivity index (χ1n) is 11.3. The molecule has 2 unspecified atom stereocenters. The van der Waals surface area contributed by atoms with E-state index in [4.69, 9.17) is 14.2 Å². The zero-order chi connectivity index (χ0) is 21.6. The first-order valence-corrected chi connectivity index (χ1v) is 11.3. The smallest absolute Gasteiger partial charge is 0.253 e. The van der Waals surface area contributed by atoms with E-state index in [-0.39, 0.29) is 18.1 Å². The minimum absolute atomic E-state index is 0.0339. The normalized spacial score (nSPS) is 24.5. The van der Waals surface area contributed by atoms with Gasteiger partial charge in [0.15, 0.2) is 0 Å². The molecule has 7 nitrogen and oxygen atoms in total. The molecule has 0 radical (unpaired) electrons. The molecule has 0 spiro atoms. The first kappa shape index (κ1) is 22.0. The van der Waals surface area contributed by atoms with Gasteiger partial charge in [-0.1, -0.05) is 6.08 Å². The van der Waals surface area contributed by atoms with Crippen LogP contribution in [0.3, 0.4) is 0 Å². The van der Waals surface area contributed by atoms with E-state index in [1.165, 1.54) is 11.1 Å². The Morgan fingerprint density at radius 1 is 1.19 bits per heavy atom. The lowest BCUT2D eigenvalue weighted by Gasteiger charge is -2.37. The summed E-state index contributed by atoms with van der Waals surface area (Å²) >= 11 is 0. The van der Waals surface area contributed by atoms with Crippen LogP contribution in [0.4, 0.5) is 0 Å². The van der Waals surface area contributed by atoms with Gasteiger partial charge in [-0.05, 0) is 43.2 Å². The number of morpholine rings is 1. The molecule has 7 heteroatoms. The molecule has 1 aromatic heterocycles. The number of carbonyl (C=O) groups excluding carboxylic acids is 1. The number of ether oxygens (including phenoxy) is 3. The van der Waals surface area contributed by atoms with E-state index >= 15 is 0 Å². The third kappa shape index (κ3) is 5.73. The second-order valence-corrected chi connectivity index (χ2v) is 8.67. The van der Waals surface area contributed by atoms with E-state index in [9.17, 15) is 4.79 Å². The predicted molar refractivity (Wildman–Crippen MR) is 117 cm³/mol. The molecule has 0 aromatic carbocycles. The Balaban J connectivity index is 1.39. The van der Waals surface area contributed by atoms with Crippen LogP contribution in [0.15, 0.2) is 48.0 Å². The van der Waals surface area contributed by atoms with Crippen molar-refractivity contribution >= 4 is 5.91 Å². The van der Waals surface area contributed by atoms with Gasteiger partial charge >= 0.3 is 0 Å². The van der Waals surface area contributed by atoms with Crippen molar-refractivity contribution in [1.29, 1.82) is 0 Å². The Morgan fingerprint density at radius 2 is 2.03 bits per heavy atom. The van der Waals surface area contributed by atoms with E-state index in [2.05, 4.69) is 29.8 Å². The second-order valence-electron chi connectivity index (χ2n) is 8.67. The molecule has 4 rings (SSSR count). The monoisotopic (exact) mass is 427 g/mol. The third-order valence-corrected chi connectivity index (χ3v) is 5.99. The summed E-state index contributed by atoms with van der Waals surface area (Å²) in [4.78, 5) is 21.7. The van der Waals surface area contributed by atoms with Gasteiger partial charge in [0, 0.05) is 57.5 Å². The number of pyridine rings is 1. The summed E-state index contributed by atoms with van der Waals surface area (Å²) in [6.45, 7) is 8.92. The molecule has 2 fully saturated rings. The van der Waals surface area contributed by atoms with E-state index in [0.29, 0.717) is 32.9 Å². The fourth-order valence-corrected chi connectivity index (χ4v) is 4.25. The maximum absolute atomic E-state index is 13.4. The number of hydrogen-bond acceptors (Lipinski definition) is 6. The van der Waals surface area contributed by atoms with E-state index in [1.54, 1.807) is 12.4 Å². The third-order valence-electron chi connectivity index (χ3n) is 5.99. The molecule has 0 saturated carbocycles. The Kier molecular flexibility index (Phi) is 7.37. The van der Waals surface area contributed by atoms with Crippen LogP contribution >= 0.6 is 0 Å². The molecule has 2 atom stereocenters. The number of amides is 1. The molecule has 0 bridgehead atoms. The number of allylic oxidation sites excluding steroid dienone is 2. The fraction of sp³-hybridized carbons (Fsp3) is 0.583. The summed E-state index contributed by atoms with van der Waals surface area (Å²) in [5.41, 5.74) is 2.38. The Labute approximate surface area is 184 Å². The highest BCUT2D eigenvalue weighted by molar-refractivity contribution is 5.82. The molecule has 31 heavy (non-hydrogen) atoms. The lowest BCUT2D eigenvalue weighted by atomic mass is 9.99. The van der Waals surface area contributed by atoms with Gasteiger partial charge in [0.25, 0.3) is 5.91 Å². The number of fused-ring (bicyclic) bond motifs is 1. The molecular formula is C24H33N3O4. The van der Waals surface area contributed by atoms with Crippen molar-refractivity contribution in [1.82, 2.24) is 14.8 Å². The van der Waals surface area contributed by atoms with Crippen LogP contribution < -0.4 is 0 Å². The van der Waals surface area contributed by atoms with E-state index in [1.807, 2.05) is 23.1 Å². The summed E-state index contributed by atoms with van der Waals surface area (Å²) < 4.78 is 17.7. The predicted octanol–water partition coefficient (Wildman–Crippen LogP) is 2.54. The summed E-state index contributed by atoms with van der Waals surface area (Å²) in [6.07, 6.45) is 8.90. The van der Waals surface area contributed by atoms with Crippen molar-refractivity contribution in [3.05, 3.63) is 53.6 Å². The Hall–Kier alpha value is -2.22. The van der Waals surface area contributed by atoms with Gasteiger partial charge in [0.05, 0.1) is 19.8 Å². The maximum Gasteiger partial charge on any atom is 0.253 e. The molecular weight excluding hydrogens is 394 g/mol. The molecule has 2 saturated heterocycles. The highest BCUT2D eigenvalue weighted by Gasteiger charge is 2.33. The van der Waals surface area contributed by atoms with Gasteiger partial charge in [-0.3, -0.25) is 14.7 Å². The highest BCUT2D eigenvalue weighted by Crippen LogP contribution is 2.26. The van der Waals surface area contributed by atoms with Gasteiger partial charge in [-0.25, -0.2) is 0 Å². The molecule has 1 amide bonds. The van der Waals surface area contributed by atoms with Gasteiger partial charge in [0.2, 0.25) is 0 Å². The van der Waals surface area contributed by atoms with Crippen LogP contribution in [0.5, 0.6) is 0 Å². The van der Waals surface area contributed by atoms with Gasteiger partial charge < -0.3 is 19.1 Å². The topological polar surface area (TPSA) is 64.1 Å². The molecule has 3 heterocycles. The van der Waals surface area contributed by atoms with Crippen LogP contribution in [-0.4, -0.2) is 78.4 Å². The number of hydrogen-bond donors (Lipinski definition) is 0. The average molecular weight is 428 g/mol. The largest absolute Gasteiger partial charge is 0.495 e. The number of rotatable bonds is 6. The summed E-state index contributed by atoms with van der Waals surface area (Å²) in [6, 6.07) is 4.12. The summed E-state index contributed by atoms with van der Waals surface area (Å²) in [7, 11) is 0. The molecule has 1 aromatic rings. The molecule has 1 aliphatic carbocycles. The highest BCUT2D eigenvalue weighted by atomic mass is 16.5. The molecule has 168 valence electrons. The van der Waals surface area contributed by atoms with Crippen molar-refractivity contribution < 1.29 is 19.0 Å². The lowest BCUT2D eigenvalue weighted by molar-refractivity contribution is -0.151. The van der Waals surface area contributed by atoms with Gasteiger partial charge in [0.1, 0.15) is 18.0 Å². The van der Waals surface area contributed by atoms with Crippen LogP contribution in [0.1, 0.15) is 32.3 Å². The molecule has 2 aliphatic heterocycles. The average Bonchev–Trinajstić information content (AvgIpc) is 3.03. The van der Waals surface area contributed by atoms with Crippen molar-refractivity contribution in [3.63, 3.8) is 0 Å². The lowest BCUT2D eigenvalue weighted by Crippen LogP contribution is -2.52. The summed E-state index contributed by atoms with van der Waals surface area (Å²) in [5.74, 6) is 0.967. The Morgan fingerprint density at radius 3 is 2.84 bits per heavy atom. The quantitative estimate of drug-likeness (QED) is 0.695. The van der Waals surface area contributed by atoms with E-state index < -0.39 is 6.10 Å². The SMILES string of the molecule is CC(C)N(CC1=CC=C2OCCCOC2C1)C(=O)C1CN(Cc2ccncc2)CCO1. The van der Waals surface area contributed by atoms with Crippen LogP contribution in [0.2, 0.25) is 0 Å².